The minimum Gasteiger partial charge on any atom is -0.453 e. The Balaban J connectivity index is 1.85. The van der Waals surface area contributed by atoms with Gasteiger partial charge in [-0.25, -0.2) is 4.79 Å². The maximum atomic E-state index is 14.3. The van der Waals surface area contributed by atoms with Gasteiger partial charge >= 0.3 is 6.09 Å². The van der Waals surface area contributed by atoms with Crippen LogP contribution in [0, 0.1) is 22.7 Å². The molecule has 12 heteroatoms. The monoisotopic (exact) mass is 605 g/mol. The Hall–Kier alpha value is -3.18. The number of ketones is 1. The molecule has 0 spiro atoms. The molecule has 0 bridgehead atoms. The van der Waals surface area contributed by atoms with Crippen LogP contribution in [0.3, 0.4) is 0 Å². The second-order valence-corrected chi connectivity index (χ2v) is 14.5. The number of methoxy groups -OCH3 is 1. The van der Waals surface area contributed by atoms with Crippen LogP contribution < -0.4 is 21.3 Å². The molecule has 0 aromatic heterocycles. The first-order valence-corrected chi connectivity index (χ1v) is 15.6. The van der Waals surface area contributed by atoms with Gasteiger partial charge in [0.2, 0.25) is 23.5 Å². The Morgan fingerprint density at radius 3 is 2.02 bits per heavy atom. The van der Waals surface area contributed by atoms with Crippen molar-refractivity contribution in [3.05, 3.63) is 0 Å². The topological polar surface area (TPSA) is 163 Å². The number of carbonyl (C=O) groups excluding carboxylic acids is 6. The van der Waals surface area contributed by atoms with Gasteiger partial charge in [-0.15, -0.1) is 0 Å². The molecule has 0 aromatic rings. The second-order valence-electron chi connectivity index (χ2n) is 14.5. The van der Waals surface area contributed by atoms with Gasteiger partial charge in [0, 0.05) is 12.6 Å². The van der Waals surface area contributed by atoms with Crippen molar-refractivity contribution in [2.24, 2.45) is 22.7 Å². The Morgan fingerprint density at radius 1 is 0.860 bits per heavy atom. The van der Waals surface area contributed by atoms with Crippen molar-refractivity contribution < 1.29 is 33.5 Å². The minimum atomic E-state index is -1.00. The Bertz CT molecular complexity index is 1090. The predicted octanol–water partition coefficient (Wildman–Crippen LogP) is 2.05. The average Bonchev–Trinajstić information content (AvgIpc) is 3.48. The van der Waals surface area contributed by atoms with Gasteiger partial charge in [-0.05, 0) is 54.8 Å². The Labute approximate surface area is 255 Å². The molecule has 3 rings (SSSR count). The molecular formula is C31H51N5O7. The molecule has 1 aliphatic heterocycles. The third-order valence-corrected chi connectivity index (χ3v) is 8.76. The molecule has 3 aliphatic rings. The van der Waals surface area contributed by atoms with E-state index in [4.69, 9.17) is 4.74 Å². The van der Waals surface area contributed by atoms with Crippen LogP contribution in [-0.4, -0.2) is 84.3 Å². The highest BCUT2D eigenvalue weighted by Crippen LogP contribution is 2.43. The molecule has 4 N–H and O–H groups in total. The molecule has 2 saturated carbocycles. The zero-order valence-corrected chi connectivity index (χ0v) is 27.0. The lowest BCUT2D eigenvalue weighted by atomic mass is 9.83. The number of rotatable bonds is 11. The highest BCUT2D eigenvalue weighted by atomic mass is 16.5. The van der Waals surface area contributed by atoms with Crippen molar-refractivity contribution in [1.29, 1.82) is 0 Å². The lowest BCUT2D eigenvalue weighted by molar-refractivity contribution is -0.146. The zero-order chi connectivity index (χ0) is 32.3. The number of alkyl carbamates (subject to hydrolysis) is 1. The van der Waals surface area contributed by atoms with Crippen LogP contribution in [0.5, 0.6) is 0 Å². The van der Waals surface area contributed by atoms with Gasteiger partial charge in [-0.3, -0.25) is 24.0 Å². The SMILES string of the molecule is CCCC(NC(=O)[C@@H]1[C@H]2CCC[C@H]2CN1C(=O)[C@@H](NC(=O)[C@@H](NC(=O)OC)C(C)(C)C)C(C)(C)C)C(=O)C(=O)NC1CC1. The maximum absolute atomic E-state index is 14.3. The third-order valence-electron chi connectivity index (χ3n) is 8.76. The van der Waals surface area contributed by atoms with E-state index < -0.39 is 70.5 Å². The summed E-state index contributed by atoms with van der Waals surface area (Å²) in [4.78, 5) is 80.9. The quantitative estimate of drug-likeness (QED) is 0.262. The van der Waals surface area contributed by atoms with E-state index in [9.17, 15) is 28.8 Å². The van der Waals surface area contributed by atoms with E-state index in [0.29, 0.717) is 19.4 Å². The molecule has 5 amide bonds. The summed E-state index contributed by atoms with van der Waals surface area (Å²) in [6.07, 6.45) is 4.39. The maximum Gasteiger partial charge on any atom is 0.407 e. The average molecular weight is 606 g/mol. The number of Topliss-reactive ketones (excluding diaryl/α,β-unsaturated/α-hetero) is 1. The number of hydrogen-bond donors (Lipinski definition) is 4. The van der Waals surface area contributed by atoms with Crippen molar-refractivity contribution in [3.63, 3.8) is 0 Å². The molecular weight excluding hydrogens is 554 g/mol. The van der Waals surface area contributed by atoms with Crippen molar-refractivity contribution >= 4 is 35.5 Å². The molecule has 1 unspecified atom stereocenters. The van der Waals surface area contributed by atoms with Crippen LogP contribution in [0.2, 0.25) is 0 Å². The van der Waals surface area contributed by atoms with Crippen LogP contribution in [0.4, 0.5) is 4.79 Å². The molecule has 43 heavy (non-hydrogen) atoms. The van der Waals surface area contributed by atoms with E-state index in [2.05, 4.69) is 21.3 Å². The summed E-state index contributed by atoms with van der Waals surface area (Å²) in [6.45, 7) is 13.1. The highest BCUT2D eigenvalue weighted by molar-refractivity contribution is 6.38. The number of amides is 5. The summed E-state index contributed by atoms with van der Waals surface area (Å²) >= 11 is 0. The number of nitrogens with zero attached hydrogens (tertiary/aromatic N) is 1. The van der Waals surface area contributed by atoms with E-state index in [1.165, 1.54) is 7.11 Å². The summed E-state index contributed by atoms with van der Waals surface area (Å²) in [6, 6.07) is -3.79. The molecule has 3 fully saturated rings. The number of ether oxygens (including phenoxy) is 1. The van der Waals surface area contributed by atoms with Gasteiger partial charge in [0.25, 0.3) is 5.91 Å². The standard InChI is InChI=1S/C31H51N5O7/c1-9-11-20(22(37)26(39)32-18-14-15-18)33-25(38)21-19-13-10-12-17(19)16-36(21)28(41)24(31(5,6)7)34-27(40)23(30(2,3)4)35-29(42)43-8/h17-21,23-24H,9-16H2,1-8H3,(H,32,39)(H,33,38)(H,34,40)(H,35,42)/t17-,19-,20?,21-,23+,24+/m0/s1. The summed E-state index contributed by atoms with van der Waals surface area (Å²) in [5.41, 5.74) is -1.43. The van der Waals surface area contributed by atoms with Crippen LogP contribution in [0.25, 0.3) is 0 Å². The third kappa shape index (κ3) is 8.47. The Kier molecular flexibility index (Phi) is 10.9. The summed E-state index contributed by atoms with van der Waals surface area (Å²) in [5.74, 6) is -2.71. The van der Waals surface area contributed by atoms with Crippen molar-refractivity contribution in [2.45, 2.75) is 124 Å². The summed E-state index contributed by atoms with van der Waals surface area (Å²) in [7, 11) is 1.21. The molecule has 0 radical (unpaired) electrons. The highest BCUT2D eigenvalue weighted by Gasteiger charge is 2.52. The first kappa shape index (κ1) is 34.3. The molecule has 6 atom stereocenters. The van der Waals surface area contributed by atoms with E-state index in [1.54, 1.807) is 25.7 Å². The summed E-state index contributed by atoms with van der Waals surface area (Å²) < 4.78 is 4.71. The number of likely N-dealkylation sites (tertiary alicyclic amines) is 1. The predicted molar refractivity (Wildman–Crippen MR) is 160 cm³/mol. The Morgan fingerprint density at radius 2 is 1.49 bits per heavy atom. The van der Waals surface area contributed by atoms with Crippen LogP contribution in [0.15, 0.2) is 0 Å². The van der Waals surface area contributed by atoms with Gasteiger partial charge in [-0.2, -0.15) is 0 Å². The van der Waals surface area contributed by atoms with Crippen molar-refractivity contribution in [2.75, 3.05) is 13.7 Å². The van der Waals surface area contributed by atoms with Gasteiger partial charge < -0.3 is 30.9 Å². The van der Waals surface area contributed by atoms with Crippen LogP contribution >= 0.6 is 0 Å². The molecule has 1 heterocycles. The van der Waals surface area contributed by atoms with E-state index in [-0.39, 0.29) is 17.9 Å². The van der Waals surface area contributed by atoms with E-state index in [0.717, 1.165) is 32.1 Å². The van der Waals surface area contributed by atoms with Crippen LogP contribution in [0.1, 0.15) is 93.4 Å². The summed E-state index contributed by atoms with van der Waals surface area (Å²) in [5, 5.41) is 11.0. The minimum absolute atomic E-state index is 0.0156. The first-order chi connectivity index (χ1) is 20.0. The van der Waals surface area contributed by atoms with Gasteiger partial charge in [0.15, 0.2) is 0 Å². The van der Waals surface area contributed by atoms with Gasteiger partial charge in [-0.1, -0.05) is 61.3 Å². The lowest BCUT2D eigenvalue weighted by Gasteiger charge is -2.38. The normalized spacial score (nSPS) is 23.8. The van der Waals surface area contributed by atoms with Crippen molar-refractivity contribution in [3.8, 4) is 0 Å². The van der Waals surface area contributed by atoms with Gasteiger partial charge in [0.1, 0.15) is 18.1 Å². The first-order valence-electron chi connectivity index (χ1n) is 15.6. The molecule has 1 saturated heterocycles. The zero-order valence-electron chi connectivity index (χ0n) is 27.0. The molecule has 12 nitrogen and oxygen atoms in total. The van der Waals surface area contributed by atoms with Crippen LogP contribution in [-0.2, 0) is 28.7 Å². The van der Waals surface area contributed by atoms with Gasteiger partial charge in [0.05, 0.1) is 13.2 Å². The number of carbonyl (C=O) groups is 6. The fourth-order valence-corrected chi connectivity index (χ4v) is 6.22. The van der Waals surface area contributed by atoms with Crippen molar-refractivity contribution in [1.82, 2.24) is 26.2 Å². The molecule has 2 aliphatic carbocycles. The second kappa shape index (κ2) is 13.6. The molecule has 242 valence electrons. The van der Waals surface area contributed by atoms with E-state index in [1.807, 2.05) is 27.7 Å². The largest absolute Gasteiger partial charge is 0.453 e. The number of nitrogens with one attached hydrogen (secondary N) is 4. The fourth-order valence-electron chi connectivity index (χ4n) is 6.22. The van der Waals surface area contributed by atoms with E-state index >= 15 is 0 Å². The molecule has 0 aromatic carbocycles. The lowest BCUT2D eigenvalue weighted by Crippen LogP contribution is -2.63. The number of fused-ring (bicyclic) bond motifs is 1. The fraction of sp³-hybridized carbons (Fsp3) is 0.806. The number of hydrogen-bond acceptors (Lipinski definition) is 7. The smallest absolute Gasteiger partial charge is 0.407 e.